The molecule has 0 radical (unpaired) electrons. The second-order valence-electron chi connectivity index (χ2n) is 5.64. The maximum atomic E-state index is 5.49. The summed E-state index contributed by atoms with van der Waals surface area (Å²) in [6.07, 6.45) is 1.80. The normalized spacial score (nSPS) is 21.4. The first-order valence-electron chi connectivity index (χ1n) is 7.88. The predicted molar refractivity (Wildman–Crippen MR) is 88.9 cm³/mol. The molecule has 122 valence electrons. The molecule has 6 nitrogen and oxygen atoms in total. The van der Waals surface area contributed by atoms with Crippen LogP contribution in [0, 0.1) is 0 Å². The fourth-order valence-corrected chi connectivity index (χ4v) is 2.65. The molecule has 1 aromatic rings. The van der Waals surface area contributed by atoms with Crippen molar-refractivity contribution in [3.8, 4) is 0 Å². The number of nitrogens with zero attached hydrogens (tertiary/aromatic N) is 3. The average molecular weight is 305 g/mol. The minimum absolute atomic E-state index is 0.437. The highest BCUT2D eigenvalue weighted by molar-refractivity contribution is 5.79. The Hall–Kier alpha value is -1.66. The molecule has 0 amide bonds. The number of nitrogens with one attached hydrogen (secondary N) is 2. The lowest BCUT2D eigenvalue weighted by Gasteiger charge is -2.38. The lowest BCUT2D eigenvalue weighted by Crippen LogP contribution is -2.53. The molecule has 2 N–H and O–H groups in total. The molecule has 2 atom stereocenters. The lowest BCUT2D eigenvalue weighted by atomic mass is 10.2. The zero-order valence-corrected chi connectivity index (χ0v) is 13.7. The van der Waals surface area contributed by atoms with Crippen LogP contribution in [0.1, 0.15) is 19.5 Å². The highest BCUT2D eigenvalue weighted by Gasteiger charge is 2.23. The van der Waals surface area contributed by atoms with Crippen molar-refractivity contribution in [2.75, 3.05) is 33.4 Å². The highest BCUT2D eigenvalue weighted by atomic mass is 16.5. The Balaban J connectivity index is 1.76. The van der Waals surface area contributed by atoms with Crippen LogP contribution in [0.5, 0.6) is 0 Å². The zero-order chi connectivity index (χ0) is 15.8. The molecule has 1 aliphatic rings. The number of guanidine groups is 1. The number of hydrogen-bond acceptors (Lipinski definition) is 4. The van der Waals surface area contributed by atoms with Crippen molar-refractivity contribution < 1.29 is 4.74 Å². The van der Waals surface area contributed by atoms with Gasteiger partial charge in [-0.3, -0.25) is 14.9 Å². The van der Waals surface area contributed by atoms with Gasteiger partial charge in [0.1, 0.15) is 0 Å². The second-order valence-corrected chi connectivity index (χ2v) is 5.64. The molecule has 0 aromatic carbocycles. The van der Waals surface area contributed by atoms with Crippen molar-refractivity contribution in [3.63, 3.8) is 0 Å². The first kappa shape index (κ1) is 16.7. The average Bonchev–Trinajstić information content (AvgIpc) is 2.56. The van der Waals surface area contributed by atoms with Crippen LogP contribution >= 0.6 is 0 Å². The van der Waals surface area contributed by atoms with Gasteiger partial charge in [-0.25, -0.2) is 0 Å². The summed E-state index contributed by atoms with van der Waals surface area (Å²) in [5, 5.41) is 6.67. The number of morpholine rings is 1. The molecular formula is C16H27N5O. The smallest absolute Gasteiger partial charge is 0.191 e. The van der Waals surface area contributed by atoms with Gasteiger partial charge in [0.25, 0.3) is 0 Å². The molecule has 2 rings (SSSR count). The number of aliphatic imine (C=N–C) groups is 1. The number of pyridine rings is 1. The summed E-state index contributed by atoms with van der Waals surface area (Å²) in [7, 11) is 1.79. The van der Waals surface area contributed by atoms with Gasteiger partial charge in [0.2, 0.25) is 0 Å². The fraction of sp³-hybridized carbons (Fsp3) is 0.625. The third kappa shape index (κ3) is 4.96. The predicted octanol–water partition coefficient (Wildman–Crippen LogP) is 0.856. The number of rotatable bonds is 5. The molecule has 1 fully saturated rings. The Morgan fingerprint density at radius 3 is 3.05 bits per heavy atom. The fourth-order valence-electron chi connectivity index (χ4n) is 2.65. The van der Waals surface area contributed by atoms with Crippen LogP contribution in [-0.2, 0) is 11.3 Å². The molecule has 0 saturated carbocycles. The standard InChI is InChI=1S/C16H27N5O/c1-13(21-8-9-22-12-14(21)2)10-19-16(17-3)20-11-15-6-4-5-7-18-15/h4-7,13-14H,8-12H2,1-3H3,(H2,17,19,20). The highest BCUT2D eigenvalue weighted by Crippen LogP contribution is 2.09. The summed E-state index contributed by atoms with van der Waals surface area (Å²) in [4.78, 5) is 11.0. The Labute approximate surface area is 133 Å². The van der Waals surface area contributed by atoms with E-state index in [-0.39, 0.29) is 0 Å². The zero-order valence-electron chi connectivity index (χ0n) is 13.7. The third-order valence-corrected chi connectivity index (χ3v) is 3.94. The van der Waals surface area contributed by atoms with Crippen molar-refractivity contribution in [2.24, 2.45) is 4.99 Å². The largest absolute Gasteiger partial charge is 0.379 e. The van der Waals surface area contributed by atoms with Crippen LogP contribution in [0.2, 0.25) is 0 Å². The van der Waals surface area contributed by atoms with Crippen LogP contribution < -0.4 is 10.6 Å². The van der Waals surface area contributed by atoms with Crippen LogP contribution in [-0.4, -0.2) is 61.3 Å². The quantitative estimate of drug-likeness (QED) is 0.624. The molecular weight excluding hydrogens is 278 g/mol. The molecule has 1 aliphatic heterocycles. The van der Waals surface area contributed by atoms with E-state index in [1.165, 1.54) is 0 Å². The molecule has 0 bridgehead atoms. The van der Waals surface area contributed by atoms with E-state index in [9.17, 15) is 0 Å². The molecule has 6 heteroatoms. The van der Waals surface area contributed by atoms with Crippen LogP contribution in [0.15, 0.2) is 29.4 Å². The van der Waals surface area contributed by atoms with Crippen molar-refractivity contribution in [3.05, 3.63) is 30.1 Å². The van der Waals surface area contributed by atoms with E-state index in [1.54, 1.807) is 13.2 Å². The van der Waals surface area contributed by atoms with Gasteiger partial charge >= 0.3 is 0 Å². The summed E-state index contributed by atoms with van der Waals surface area (Å²) >= 11 is 0. The van der Waals surface area contributed by atoms with E-state index in [0.717, 1.165) is 38.0 Å². The Morgan fingerprint density at radius 1 is 1.50 bits per heavy atom. The summed E-state index contributed by atoms with van der Waals surface area (Å²) in [5.74, 6) is 0.804. The first-order chi connectivity index (χ1) is 10.7. The van der Waals surface area contributed by atoms with E-state index in [0.29, 0.717) is 18.6 Å². The van der Waals surface area contributed by atoms with Crippen molar-refractivity contribution in [1.29, 1.82) is 0 Å². The van der Waals surface area contributed by atoms with Gasteiger partial charge in [0, 0.05) is 38.4 Å². The van der Waals surface area contributed by atoms with Crippen LogP contribution in [0.4, 0.5) is 0 Å². The van der Waals surface area contributed by atoms with Crippen LogP contribution in [0.3, 0.4) is 0 Å². The van der Waals surface area contributed by atoms with Crippen molar-refractivity contribution >= 4 is 5.96 Å². The van der Waals surface area contributed by atoms with Gasteiger partial charge in [-0.2, -0.15) is 0 Å². The monoisotopic (exact) mass is 305 g/mol. The van der Waals surface area contributed by atoms with E-state index in [1.807, 2.05) is 18.2 Å². The van der Waals surface area contributed by atoms with Gasteiger partial charge in [0.05, 0.1) is 25.5 Å². The Kier molecular flexibility index (Phi) is 6.61. The molecule has 22 heavy (non-hydrogen) atoms. The van der Waals surface area contributed by atoms with Gasteiger partial charge in [-0.1, -0.05) is 6.07 Å². The van der Waals surface area contributed by atoms with E-state index in [4.69, 9.17) is 4.74 Å². The molecule has 2 unspecified atom stereocenters. The maximum absolute atomic E-state index is 5.49. The molecule has 2 heterocycles. The van der Waals surface area contributed by atoms with E-state index < -0.39 is 0 Å². The third-order valence-electron chi connectivity index (χ3n) is 3.94. The second kappa shape index (κ2) is 8.70. The SMILES string of the molecule is CN=C(NCc1ccccn1)NCC(C)N1CCOCC1C. The van der Waals surface area contributed by atoms with E-state index in [2.05, 4.69) is 39.4 Å². The number of hydrogen-bond donors (Lipinski definition) is 2. The molecule has 0 spiro atoms. The first-order valence-corrected chi connectivity index (χ1v) is 7.88. The Morgan fingerprint density at radius 2 is 2.36 bits per heavy atom. The number of ether oxygens (including phenoxy) is 1. The number of aromatic nitrogens is 1. The summed E-state index contributed by atoms with van der Waals surface area (Å²) in [5.41, 5.74) is 1.00. The molecule has 1 aromatic heterocycles. The summed E-state index contributed by atoms with van der Waals surface area (Å²) < 4.78 is 5.49. The van der Waals surface area contributed by atoms with Gasteiger partial charge < -0.3 is 15.4 Å². The van der Waals surface area contributed by atoms with Gasteiger partial charge in [-0.15, -0.1) is 0 Å². The Bertz CT molecular complexity index is 465. The molecule has 1 saturated heterocycles. The summed E-state index contributed by atoms with van der Waals surface area (Å²) in [6.45, 7) is 8.60. The van der Waals surface area contributed by atoms with Crippen LogP contribution in [0.25, 0.3) is 0 Å². The minimum Gasteiger partial charge on any atom is -0.379 e. The van der Waals surface area contributed by atoms with Crippen molar-refractivity contribution in [1.82, 2.24) is 20.5 Å². The van der Waals surface area contributed by atoms with E-state index >= 15 is 0 Å². The molecule has 0 aliphatic carbocycles. The topological polar surface area (TPSA) is 61.8 Å². The van der Waals surface area contributed by atoms with Gasteiger partial charge in [-0.05, 0) is 26.0 Å². The summed E-state index contributed by atoms with van der Waals surface area (Å²) in [6, 6.07) is 6.81. The van der Waals surface area contributed by atoms with Crippen molar-refractivity contribution in [2.45, 2.75) is 32.5 Å². The maximum Gasteiger partial charge on any atom is 0.191 e. The minimum atomic E-state index is 0.437. The van der Waals surface area contributed by atoms with Gasteiger partial charge in [0.15, 0.2) is 5.96 Å². The lowest BCUT2D eigenvalue weighted by molar-refractivity contribution is -0.0174.